The zero-order valence-corrected chi connectivity index (χ0v) is 57.5. The molecule has 39 heteroatoms. The Morgan fingerprint density at radius 3 is 2.30 bits per heavy atom. The van der Waals surface area contributed by atoms with Crippen molar-refractivity contribution in [3.63, 3.8) is 0 Å². The van der Waals surface area contributed by atoms with Gasteiger partial charge >= 0.3 is 11.9 Å². The Morgan fingerprint density at radius 2 is 1.55 bits per heavy atom. The number of fused-ring (bicyclic) bond motifs is 16. The summed E-state index contributed by atoms with van der Waals surface area (Å²) in [6.07, 6.45) is -6.78. The third-order valence-corrected chi connectivity index (χ3v) is 21.7. The van der Waals surface area contributed by atoms with E-state index in [2.05, 4.69) is 47.0 Å². The van der Waals surface area contributed by atoms with Gasteiger partial charge in [-0.15, -0.1) is 56.7 Å². The van der Waals surface area contributed by atoms with E-state index >= 15 is 19.2 Å². The number of nitrogens with two attached hydrogens (primary N) is 2. The Kier molecular flexibility index (Phi) is 19.3. The number of esters is 2. The lowest BCUT2D eigenvalue weighted by Gasteiger charge is -2.45. The average Bonchev–Trinajstić information content (AvgIpc) is 1.56. The summed E-state index contributed by atoms with van der Waals surface area (Å²) in [4.78, 5) is 145. The van der Waals surface area contributed by atoms with Crippen LogP contribution in [-0.2, 0) is 60.8 Å². The molecule has 6 amide bonds. The number of hydrazine groups is 1. The molecule has 11 atom stereocenters. The van der Waals surface area contributed by atoms with Gasteiger partial charge in [0.2, 0.25) is 11.8 Å². The molecule has 0 aliphatic carbocycles. The first kappa shape index (κ1) is 69.1. The second kappa shape index (κ2) is 28.0. The van der Waals surface area contributed by atoms with Crippen molar-refractivity contribution in [2.45, 2.75) is 114 Å². The van der Waals surface area contributed by atoms with Crippen LogP contribution in [0.25, 0.3) is 49.3 Å². The normalized spacial score (nSPS) is 24.8. The molecule has 5 aliphatic heterocycles. The Bertz CT molecular complexity index is 4640. The van der Waals surface area contributed by atoms with E-state index in [1.54, 1.807) is 12.1 Å². The lowest BCUT2D eigenvalue weighted by molar-refractivity contribution is -0.268. The zero-order chi connectivity index (χ0) is 70.7. The summed E-state index contributed by atoms with van der Waals surface area (Å²) in [6, 6.07) is -0.154. The number of aromatic nitrogens is 7. The summed E-state index contributed by atoms with van der Waals surface area (Å²) in [5.74, 6) is -2.58. The van der Waals surface area contributed by atoms with E-state index in [1.807, 2.05) is 25.8 Å². The van der Waals surface area contributed by atoms with Crippen molar-refractivity contribution in [3.05, 3.63) is 112 Å². The Morgan fingerprint density at radius 1 is 0.860 bits per heavy atom. The average molecular weight is 1470 g/mol. The van der Waals surface area contributed by atoms with Crippen molar-refractivity contribution in [2.24, 2.45) is 11.6 Å². The number of methoxy groups -OCH3 is 1. The maximum atomic E-state index is 15.2. The molecule has 11 unspecified atom stereocenters. The molecule has 5 aliphatic rings. The van der Waals surface area contributed by atoms with Gasteiger partial charge in [0, 0.05) is 56.4 Å². The SMILES string of the molecule is CO/C(C)=C1/NC(=O)C(C(C)O)NC(=O)c2csc(n2)-c2cc(O)c(-c3nc(C(=O)NC(CNN)C(N)=O)cs3)nc2-c2csc(n2)C2COC(=O)c3c4c5c(cccc5n3O)COC(=O)C(OC3CC5(C)OCN(C)C5C(C)O3)C(OC4)C(NC(=O)c3csc1n3)c1nc(cs1)C(=O)N2. The monoisotopic (exact) mass is 1470 g/mol. The molecule has 13 rings (SSSR count). The summed E-state index contributed by atoms with van der Waals surface area (Å²) in [5.41, 5.74) is 5.72. The standard InChI is InChI=1S/C61H62N16O18S5/c1-22(78)39-53(85)74-40(23(2)89-6)56-69-34(20-98-56)52(84)75-43-45-46(95-37-11-61(4)47(24(3)94-37)76(5)21-93-61)60(87)91-13-25-8-7-9-35-38(25)27(14-90-45)44(77(35)88)59(86)92-15-29(66-50(82)32-19-100-58(43)71-32)55-67-30(16-97-55)41-26(54-68-33(17-96-54)51(83)73-39)10-36(79)42(72-41)57-70-31(18-99-57)49(81)65-28(12-64-63)48(62)80/h7-10,16-20,22,24,28-29,37,39,43,45-47,64,78-79,88H,11-15,21,63H2,1-6H3,(H2,62,80)(H,65,81)(H,66,82)(H,73,83)(H,74,85)(H,75,84)/b40-23+. The molecule has 12 heterocycles. The molecule has 2 fully saturated rings. The molecule has 0 spiro atoms. The van der Waals surface area contributed by atoms with E-state index in [0.717, 1.165) is 56.7 Å². The number of allylic oxidation sites excluding steroid dienone is 1. The van der Waals surface area contributed by atoms with Crippen molar-refractivity contribution < 1.29 is 86.9 Å². The summed E-state index contributed by atoms with van der Waals surface area (Å²) < 4.78 is 44.9. The van der Waals surface area contributed by atoms with Gasteiger partial charge in [-0.1, -0.05) is 12.1 Å². The third-order valence-electron chi connectivity index (χ3n) is 17.2. The Labute approximate surface area is 585 Å². The van der Waals surface area contributed by atoms with Crippen LogP contribution in [0.2, 0.25) is 0 Å². The van der Waals surface area contributed by atoms with Gasteiger partial charge < -0.3 is 80.9 Å². The number of thiazole rings is 5. The van der Waals surface area contributed by atoms with Gasteiger partial charge in [-0.3, -0.25) is 44.9 Å². The Hall–Kier alpha value is -9.36. The quantitative estimate of drug-likeness (QED) is 0.0308. The zero-order valence-electron chi connectivity index (χ0n) is 53.5. The van der Waals surface area contributed by atoms with E-state index < -0.39 is 139 Å². The minimum Gasteiger partial charge on any atom is -0.506 e. The van der Waals surface area contributed by atoms with Crippen LogP contribution in [-0.4, -0.2) is 191 Å². The van der Waals surface area contributed by atoms with Crippen LogP contribution in [0.3, 0.4) is 0 Å². The number of hydrogen-bond acceptors (Lipinski definition) is 32. The van der Waals surface area contributed by atoms with E-state index in [9.17, 15) is 34.6 Å². The van der Waals surface area contributed by atoms with Gasteiger partial charge in [-0.25, -0.2) is 39.5 Å². The van der Waals surface area contributed by atoms with E-state index in [1.165, 1.54) is 60.0 Å². The summed E-state index contributed by atoms with van der Waals surface area (Å²) in [7, 11) is 3.20. The van der Waals surface area contributed by atoms with Gasteiger partial charge in [0.05, 0.1) is 49.8 Å². The molecule has 0 saturated carbocycles. The number of likely N-dealkylation sites (N-methyl/N-ethyl adjacent to an activating group) is 1. The van der Waals surface area contributed by atoms with Crippen LogP contribution in [0.4, 0.5) is 0 Å². The first-order valence-electron chi connectivity index (χ1n) is 30.6. The highest BCUT2D eigenvalue weighted by molar-refractivity contribution is 7.14. The maximum absolute atomic E-state index is 15.2. The number of carbonyl (C=O) groups excluding carboxylic acids is 8. The first-order chi connectivity index (χ1) is 47.9. The second-order valence-corrected chi connectivity index (χ2v) is 28.2. The topological polar surface area (TPSA) is 472 Å². The molecule has 8 aromatic rings. The number of nitrogens with one attached hydrogen (secondary N) is 6. The molecule has 100 heavy (non-hydrogen) atoms. The van der Waals surface area contributed by atoms with Crippen LogP contribution < -0.4 is 43.6 Å². The molecule has 2 saturated heterocycles. The number of amides is 6. The number of ether oxygens (including phenoxy) is 7. The highest BCUT2D eigenvalue weighted by atomic mass is 32.1. The van der Waals surface area contributed by atoms with Crippen molar-refractivity contribution in [2.75, 3.05) is 34.0 Å². The number of rotatable bonds is 10. The highest BCUT2D eigenvalue weighted by Crippen LogP contribution is 2.44. The molecule has 12 bridgehead atoms. The molecular weight excluding hydrogens is 1410 g/mol. The number of aliphatic hydroxyl groups is 1. The number of nitrogens with zero attached hydrogens (tertiary/aromatic N) is 8. The molecular formula is C61H62N16O18S5. The van der Waals surface area contributed by atoms with Gasteiger partial charge in [-0.2, -0.15) is 4.73 Å². The van der Waals surface area contributed by atoms with Crippen molar-refractivity contribution in [3.8, 4) is 38.4 Å². The highest BCUT2D eigenvalue weighted by Gasteiger charge is 2.54. The molecule has 1 aromatic carbocycles. The maximum Gasteiger partial charge on any atom is 0.358 e. The van der Waals surface area contributed by atoms with Gasteiger partial charge in [-0.05, 0) is 52.4 Å². The van der Waals surface area contributed by atoms with Crippen molar-refractivity contribution >= 4 is 121 Å². The molecule has 34 nitrogen and oxygen atoms in total. The summed E-state index contributed by atoms with van der Waals surface area (Å²) in [5, 5.41) is 55.9. The molecule has 7 aromatic heterocycles. The van der Waals surface area contributed by atoms with Crippen LogP contribution in [0.15, 0.2) is 56.9 Å². The molecule has 0 radical (unpaired) electrons. The molecule has 524 valence electrons. The van der Waals surface area contributed by atoms with Crippen molar-refractivity contribution in [1.82, 2.24) is 71.5 Å². The Balaban J connectivity index is 0.977. The number of benzene rings is 1. The van der Waals surface area contributed by atoms with Crippen LogP contribution in [0.1, 0.15) is 125 Å². The fourth-order valence-electron chi connectivity index (χ4n) is 12.4. The fraction of sp³-hybridized carbons (Fsp3) is 0.377. The van der Waals surface area contributed by atoms with Crippen molar-refractivity contribution in [1.29, 1.82) is 0 Å². The van der Waals surface area contributed by atoms with E-state index in [4.69, 9.17) is 59.7 Å². The minimum atomic E-state index is -1.85. The van der Waals surface area contributed by atoms with Gasteiger partial charge in [0.15, 0.2) is 18.1 Å². The number of cyclic esters (lactones) is 2. The van der Waals surface area contributed by atoms with Crippen LogP contribution >= 0.6 is 56.7 Å². The smallest absolute Gasteiger partial charge is 0.358 e. The third kappa shape index (κ3) is 13.3. The number of aromatic hydroxyl groups is 1. The summed E-state index contributed by atoms with van der Waals surface area (Å²) >= 11 is 4.53. The fourth-order valence-corrected chi connectivity index (χ4v) is 16.5. The lowest BCUT2D eigenvalue weighted by Crippen LogP contribution is -2.58. The predicted molar refractivity (Wildman–Crippen MR) is 355 cm³/mol. The second-order valence-electron chi connectivity index (χ2n) is 23.9. The number of aliphatic hydroxyl groups excluding tert-OH is 1. The number of primary amides is 1. The largest absolute Gasteiger partial charge is 0.506 e. The first-order valence-corrected chi connectivity index (χ1v) is 35.0. The number of pyridine rings is 1. The van der Waals surface area contributed by atoms with Crippen LogP contribution in [0.5, 0.6) is 5.75 Å². The van der Waals surface area contributed by atoms with E-state index in [-0.39, 0.29) is 124 Å². The van der Waals surface area contributed by atoms with Gasteiger partial charge in [0.1, 0.15) is 126 Å². The van der Waals surface area contributed by atoms with Gasteiger partial charge in [0.25, 0.3) is 23.6 Å². The van der Waals surface area contributed by atoms with Crippen LogP contribution in [0, 0.1) is 0 Å². The number of carbonyl (C=O) groups is 8. The molecule has 13 N–H and O–H groups in total. The summed E-state index contributed by atoms with van der Waals surface area (Å²) in [6.45, 7) is 4.80. The number of hydrogen-bond donors (Lipinski definition) is 11. The van der Waals surface area contributed by atoms with E-state index in [0.29, 0.717) is 10.3 Å². The lowest BCUT2D eigenvalue weighted by atomic mass is 9.86. The minimum absolute atomic E-state index is 0.00446. The predicted octanol–water partition coefficient (Wildman–Crippen LogP) is 2.58.